The summed E-state index contributed by atoms with van der Waals surface area (Å²) in [5.41, 5.74) is 0.323. The molecule has 0 aliphatic heterocycles. The van der Waals surface area contributed by atoms with E-state index in [1.807, 2.05) is 6.92 Å². The fourth-order valence-electron chi connectivity index (χ4n) is 1.38. The molecule has 0 rings (SSSR count). The standard InChI is InChI=1S/C10H20N2/c1-9(6-11)7-12(5)8-10(2,3)4/h9H,7-8H2,1-5H3. The van der Waals surface area contributed by atoms with Crippen LogP contribution in [0.1, 0.15) is 27.7 Å². The van der Waals surface area contributed by atoms with Crippen LogP contribution in [0.2, 0.25) is 0 Å². The molecule has 1 atom stereocenters. The fourth-order valence-corrected chi connectivity index (χ4v) is 1.38. The van der Waals surface area contributed by atoms with Gasteiger partial charge in [-0.1, -0.05) is 20.8 Å². The average molecular weight is 168 g/mol. The van der Waals surface area contributed by atoms with Crippen LogP contribution in [0.5, 0.6) is 0 Å². The predicted octanol–water partition coefficient (Wildman–Crippen LogP) is 2.12. The van der Waals surface area contributed by atoms with Gasteiger partial charge in [-0.05, 0) is 19.4 Å². The monoisotopic (exact) mass is 168 g/mol. The summed E-state index contributed by atoms with van der Waals surface area (Å²) in [6.07, 6.45) is 0. The van der Waals surface area contributed by atoms with Crippen LogP contribution in [-0.2, 0) is 0 Å². The molecule has 0 aliphatic carbocycles. The summed E-state index contributed by atoms with van der Waals surface area (Å²) in [7, 11) is 2.07. The summed E-state index contributed by atoms with van der Waals surface area (Å²) in [5, 5.41) is 8.61. The van der Waals surface area contributed by atoms with Gasteiger partial charge in [-0.25, -0.2) is 0 Å². The number of hydrogen-bond acceptors (Lipinski definition) is 2. The highest BCUT2D eigenvalue weighted by molar-refractivity contribution is 4.81. The van der Waals surface area contributed by atoms with Crippen molar-refractivity contribution in [2.45, 2.75) is 27.7 Å². The number of nitriles is 1. The molecular weight excluding hydrogens is 148 g/mol. The molecule has 0 saturated heterocycles. The minimum atomic E-state index is 0.136. The highest BCUT2D eigenvalue weighted by Crippen LogP contribution is 2.14. The Hall–Kier alpha value is -0.550. The molecule has 0 heterocycles. The Morgan fingerprint density at radius 3 is 2.25 bits per heavy atom. The third-order valence-corrected chi connectivity index (χ3v) is 1.55. The zero-order chi connectivity index (χ0) is 9.78. The van der Waals surface area contributed by atoms with Gasteiger partial charge in [0.25, 0.3) is 0 Å². The van der Waals surface area contributed by atoms with Crippen LogP contribution in [0.4, 0.5) is 0 Å². The largest absolute Gasteiger partial charge is 0.305 e. The Labute approximate surface area is 76.2 Å². The van der Waals surface area contributed by atoms with Gasteiger partial charge in [0, 0.05) is 13.1 Å². The summed E-state index contributed by atoms with van der Waals surface area (Å²) in [4.78, 5) is 2.22. The van der Waals surface area contributed by atoms with Gasteiger partial charge >= 0.3 is 0 Å². The minimum absolute atomic E-state index is 0.136. The Bertz CT molecular complexity index is 162. The molecule has 0 fully saturated rings. The predicted molar refractivity (Wildman–Crippen MR) is 51.7 cm³/mol. The van der Waals surface area contributed by atoms with Gasteiger partial charge in [0.1, 0.15) is 0 Å². The highest BCUT2D eigenvalue weighted by atomic mass is 15.1. The summed E-state index contributed by atoms with van der Waals surface area (Å²) in [5.74, 6) is 0.136. The second-order valence-electron chi connectivity index (χ2n) is 4.79. The lowest BCUT2D eigenvalue weighted by Gasteiger charge is -2.26. The van der Waals surface area contributed by atoms with E-state index in [2.05, 4.69) is 38.8 Å². The molecular formula is C10H20N2. The zero-order valence-corrected chi connectivity index (χ0v) is 8.89. The topological polar surface area (TPSA) is 27.0 Å². The van der Waals surface area contributed by atoms with Crippen molar-refractivity contribution in [2.75, 3.05) is 20.1 Å². The number of nitrogens with zero attached hydrogens (tertiary/aromatic N) is 2. The lowest BCUT2D eigenvalue weighted by Crippen LogP contribution is -2.32. The van der Waals surface area contributed by atoms with Gasteiger partial charge in [-0.2, -0.15) is 5.26 Å². The van der Waals surface area contributed by atoms with Gasteiger partial charge in [0.15, 0.2) is 0 Å². The summed E-state index contributed by atoms with van der Waals surface area (Å²) < 4.78 is 0. The molecule has 2 nitrogen and oxygen atoms in total. The van der Waals surface area contributed by atoms with Gasteiger partial charge in [0.05, 0.1) is 12.0 Å². The van der Waals surface area contributed by atoms with Crippen molar-refractivity contribution in [1.82, 2.24) is 4.90 Å². The number of rotatable bonds is 3. The van der Waals surface area contributed by atoms with Crippen molar-refractivity contribution in [2.24, 2.45) is 11.3 Å². The third kappa shape index (κ3) is 6.18. The first-order valence-corrected chi connectivity index (χ1v) is 4.43. The van der Waals surface area contributed by atoms with E-state index in [1.54, 1.807) is 0 Å². The van der Waals surface area contributed by atoms with Crippen molar-refractivity contribution in [3.8, 4) is 6.07 Å². The van der Waals surface area contributed by atoms with Crippen LogP contribution in [0.25, 0.3) is 0 Å². The Balaban J connectivity index is 3.76. The van der Waals surface area contributed by atoms with Crippen molar-refractivity contribution >= 4 is 0 Å². The Morgan fingerprint density at radius 1 is 1.42 bits per heavy atom. The van der Waals surface area contributed by atoms with Crippen LogP contribution in [0.3, 0.4) is 0 Å². The van der Waals surface area contributed by atoms with E-state index in [4.69, 9.17) is 5.26 Å². The van der Waals surface area contributed by atoms with E-state index in [1.165, 1.54) is 0 Å². The third-order valence-electron chi connectivity index (χ3n) is 1.55. The van der Waals surface area contributed by atoms with Gasteiger partial charge in [-0.3, -0.25) is 0 Å². The molecule has 1 unspecified atom stereocenters. The van der Waals surface area contributed by atoms with Crippen molar-refractivity contribution < 1.29 is 0 Å². The molecule has 0 spiro atoms. The second kappa shape index (κ2) is 4.47. The first-order valence-electron chi connectivity index (χ1n) is 4.43. The van der Waals surface area contributed by atoms with Crippen molar-refractivity contribution in [3.63, 3.8) is 0 Å². The van der Waals surface area contributed by atoms with Gasteiger partial charge < -0.3 is 4.90 Å². The van der Waals surface area contributed by atoms with E-state index in [0.29, 0.717) is 5.41 Å². The molecule has 0 aromatic carbocycles. The molecule has 0 N–H and O–H groups in total. The summed E-state index contributed by atoms with van der Waals surface area (Å²) >= 11 is 0. The molecule has 0 radical (unpaired) electrons. The molecule has 2 heteroatoms. The highest BCUT2D eigenvalue weighted by Gasteiger charge is 2.14. The van der Waals surface area contributed by atoms with Gasteiger partial charge in [-0.15, -0.1) is 0 Å². The normalized spacial score (nSPS) is 14.4. The molecule has 0 saturated carbocycles. The van der Waals surface area contributed by atoms with Crippen LogP contribution in [0.15, 0.2) is 0 Å². The first kappa shape index (κ1) is 11.4. The maximum Gasteiger partial charge on any atom is 0.0666 e. The smallest absolute Gasteiger partial charge is 0.0666 e. The van der Waals surface area contributed by atoms with Crippen molar-refractivity contribution in [1.29, 1.82) is 5.26 Å². The molecule has 0 aliphatic rings. The molecule has 0 bridgehead atoms. The fraction of sp³-hybridized carbons (Fsp3) is 0.900. The van der Waals surface area contributed by atoms with Crippen LogP contribution in [-0.4, -0.2) is 25.0 Å². The van der Waals surface area contributed by atoms with E-state index in [-0.39, 0.29) is 5.92 Å². The zero-order valence-electron chi connectivity index (χ0n) is 8.89. The average Bonchev–Trinajstić information content (AvgIpc) is 1.82. The Kier molecular flexibility index (Phi) is 4.26. The number of hydrogen-bond donors (Lipinski definition) is 0. The summed E-state index contributed by atoms with van der Waals surface area (Å²) in [6.45, 7) is 10.5. The quantitative estimate of drug-likeness (QED) is 0.645. The van der Waals surface area contributed by atoms with Crippen molar-refractivity contribution in [3.05, 3.63) is 0 Å². The van der Waals surface area contributed by atoms with Crippen LogP contribution < -0.4 is 0 Å². The van der Waals surface area contributed by atoms with Crippen LogP contribution in [0, 0.1) is 22.7 Å². The lowest BCUT2D eigenvalue weighted by atomic mass is 9.96. The van der Waals surface area contributed by atoms with E-state index in [9.17, 15) is 0 Å². The lowest BCUT2D eigenvalue weighted by molar-refractivity contribution is 0.216. The molecule has 0 aromatic heterocycles. The minimum Gasteiger partial charge on any atom is -0.305 e. The first-order chi connectivity index (χ1) is 5.35. The maximum atomic E-state index is 8.61. The molecule has 70 valence electrons. The SMILES string of the molecule is CC(C#N)CN(C)CC(C)(C)C. The maximum absolute atomic E-state index is 8.61. The second-order valence-corrected chi connectivity index (χ2v) is 4.79. The van der Waals surface area contributed by atoms with Crippen LogP contribution >= 0.6 is 0 Å². The van der Waals surface area contributed by atoms with E-state index < -0.39 is 0 Å². The van der Waals surface area contributed by atoms with E-state index in [0.717, 1.165) is 13.1 Å². The Morgan fingerprint density at radius 2 is 1.92 bits per heavy atom. The van der Waals surface area contributed by atoms with E-state index >= 15 is 0 Å². The summed E-state index contributed by atoms with van der Waals surface area (Å²) in [6, 6.07) is 2.24. The molecule has 0 amide bonds. The molecule has 12 heavy (non-hydrogen) atoms. The molecule has 0 aromatic rings. The van der Waals surface area contributed by atoms with Gasteiger partial charge in [0.2, 0.25) is 0 Å².